The van der Waals surface area contributed by atoms with E-state index in [4.69, 9.17) is 5.73 Å². The lowest BCUT2D eigenvalue weighted by atomic mass is 9.91. The number of nitrogens with two attached hydrogens (primary N) is 1. The maximum absolute atomic E-state index is 10.7. The van der Waals surface area contributed by atoms with Crippen LogP contribution in [0.1, 0.15) is 25.3 Å². The highest BCUT2D eigenvalue weighted by Crippen LogP contribution is 2.34. The van der Waals surface area contributed by atoms with E-state index in [2.05, 4.69) is 13.8 Å². The van der Waals surface area contributed by atoms with Gasteiger partial charge in [-0.2, -0.15) is 0 Å². The van der Waals surface area contributed by atoms with E-state index in [0.29, 0.717) is 11.6 Å². The molecule has 19 heavy (non-hydrogen) atoms. The number of anilines is 1. The topological polar surface area (TPSA) is 69.2 Å². The molecule has 0 radical (unpaired) electrons. The largest absolute Gasteiger partial charge is 0.398 e. The van der Waals surface area contributed by atoms with Crippen LogP contribution in [0.5, 0.6) is 0 Å². The molecule has 0 aliphatic carbocycles. The van der Waals surface area contributed by atoms with Crippen LogP contribution in [0, 0.1) is 10.1 Å². The van der Waals surface area contributed by atoms with E-state index in [1.54, 1.807) is 12.1 Å². The van der Waals surface area contributed by atoms with Crippen LogP contribution < -0.4 is 5.73 Å². The van der Waals surface area contributed by atoms with Crippen molar-refractivity contribution in [2.45, 2.75) is 19.8 Å². The van der Waals surface area contributed by atoms with Crippen molar-refractivity contribution in [2.24, 2.45) is 0 Å². The van der Waals surface area contributed by atoms with Gasteiger partial charge in [-0.25, -0.2) is 0 Å². The van der Waals surface area contributed by atoms with Crippen LogP contribution in [0.4, 0.5) is 11.4 Å². The maximum Gasteiger partial charge on any atom is 0.269 e. The molecule has 2 aromatic carbocycles. The predicted molar refractivity (Wildman–Crippen MR) is 77.0 cm³/mol. The summed E-state index contributed by atoms with van der Waals surface area (Å²) in [6, 6.07) is 12.3. The molecular weight excluding hydrogens is 240 g/mol. The van der Waals surface area contributed by atoms with E-state index >= 15 is 0 Å². The summed E-state index contributed by atoms with van der Waals surface area (Å²) in [6.45, 7) is 4.20. The third kappa shape index (κ3) is 2.57. The van der Waals surface area contributed by atoms with Crippen LogP contribution in [0.25, 0.3) is 11.1 Å². The molecule has 0 aliphatic rings. The summed E-state index contributed by atoms with van der Waals surface area (Å²) in [5.41, 5.74) is 9.86. The quantitative estimate of drug-likeness (QED) is 0.513. The second kappa shape index (κ2) is 5.10. The molecule has 98 valence electrons. The third-order valence-corrected chi connectivity index (χ3v) is 3.12. The SMILES string of the molecule is CC(C)c1cccc(N)c1-c1ccc([N+](=O)[O-])cc1. The number of benzene rings is 2. The van der Waals surface area contributed by atoms with E-state index < -0.39 is 4.92 Å². The van der Waals surface area contributed by atoms with Crippen LogP contribution in [0.15, 0.2) is 42.5 Å². The standard InChI is InChI=1S/C15H16N2O2/c1-10(2)13-4-3-5-14(16)15(13)11-6-8-12(9-7-11)17(18)19/h3-10H,16H2,1-2H3. The van der Waals surface area contributed by atoms with Crippen molar-refractivity contribution in [1.82, 2.24) is 0 Å². The summed E-state index contributed by atoms with van der Waals surface area (Å²) in [6.07, 6.45) is 0. The molecule has 0 fully saturated rings. The first kappa shape index (κ1) is 13.1. The van der Waals surface area contributed by atoms with Crippen molar-refractivity contribution in [3.63, 3.8) is 0 Å². The Kier molecular flexibility index (Phi) is 3.51. The third-order valence-electron chi connectivity index (χ3n) is 3.12. The van der Waals surface area contributed by atoms with Crippen LogP contribution >= 0.6 is 0 Å². The minimum Gasteiger partial charge on any atom is -0.398 e. The van der Waals surface area contributed by atoms with Crippen molar-refractivity contribution in [3.05, 3.63) is 58.1 Å². The first-order chi connectivity index (χ1) is 9.00. The maximum atomic E-state index is 10.7. The molecule has 2 aromatic rings. The number of nitrogens with zero attached hydrogens (tertiary/aromatic N) is 1. The summed E-state index contributed by atoms with van der Waals surface area (Å²) in [7, 11) is 0. The molecule has 0 atom stereocenters. The van der Waals surface area contributed by atoms with E-state index in [1.807, 2.05) is 18.2 Å². The zero-order chi connectivity index (χ0) is 14.0. The average Bonchev–Trinajstić information content (AvgIpc) is 2.38. The number of nitro groups is 1. The van der Waals surface area contributed by atoms with Crippen molar-refractivity contribution >= 4 is 11.4 Å². The minimum absolute atomic E-state index is 0.0874. The highest BCUT2D eigenvalue weighted by Gasteiger charge is 2.13. The summed E-state index contributed by atoms with van der Waals surface area (Å²) < 4.78 is 0. The fourth-order valence-corrected chi connectivity index (χ4v) is 2.15. The Morgan fingerprint density at radius 2 is 1.74 bits per heavy atom. The van der Waals surface area contributed by atoms with Gasteiger partial charge < -0.3 is 5.73 Å². The number of nitro benzene ring substituents is 1. The smallest absolute Gasteiger partial charge is 0.269 e. The lowest BCUT2D eigenvalue weighted by Gasteiger charge is -2.15. The van der Waals surface area contributed by atoms with Crippen LogP contribution in [-0.2, 0) is 0 Å². The van der Waals surface area contributed by atoms with E-state index in [1.165, 1.54) is 12.1 Å². The molecule has 0 aliphatic heterocycles. The Morgan fingerprint density at radius 3 is 2.26 bits per heavy atom. The lowest BCUT2D eigenvalue weighted by molar-refractivity contribution is -0.384. The van der Waals surface area contributed by atoms with Gasteiger partial charge >= 0.3 is 0 Å². The van der Waals surface area contributed by atoms with E-state index in [9.17, 15) is 10.1 Å². The van der Waals surface area contributed by atoms with Crippen LogP contribution in [0.3, 0.4) is 0 Å². The average molecular weight is 256 g/mol. The van der Waals surface area contributed by atoms with Gasteiger partial charge in [-0.1, -0.05) is 26.0 Å². The van der Waals surface area contributed by atoms with Gasteiger partial charge in [0.25, 0.3) is 5.69 Å². The second-order valence-electron chi connectivity index (χ2n) is 4.77. The van der Waals surface area contributed by atoms with E-state index in [-0.39, 0.29) is 5.69 Å². The molecule has 0 aromatic heterocycles. The van der Waals surface area contributed by atoms with E-state index in [0.717, 1.165) is 16.7 Å². The zero-order valence-electron chi connectivity index (χ0n) is 11.0. The first-order valence-electron chi connectivity index (χ1n) is 6.14. The van der Waals surface area contributed by atoms with Gasteiger partial charge in [-0.15, -0.1) is 0 Å². The van der Waals surface area contributed by atoms with Crippen molar-refractivity contribution < 1.29 is 4.92 Å². The Morgan fingerprint density at radius 1 is 1.11 bits per heavy atom. The molecule has 0 bridgehead atoms. The molecule has 4 heteroatoms. The lowest BCUT2D eigenvalue weighted by Crippen LogP contribution is -1.98. The Bertz CT molecular complexity index is 604. The number of non-ortho nitro benzene ring substituents is 1. The number of hydrogen-bond acceptors (Lipinski definition) is 3. The normalized spacial score (nSPS) is 10.7. The monoisotopic (exact) mass is 256 g/mol. The fraction of sp³-hybridized carbons (Fsp3) is 0.200. The summed E-state index contributed by atoms with van der Waals surface area (Å²) in [5.74, 6) is 0.341. The van der Waals surface area contributed by atoms with Gasteiger partial charge in [0.15, 0.2) is 0 Å². The number of rotatable bonds is 3. The van der Waals surface area contributed by atoms with Crippen molar-refractivity contribution in [2.75, 3.05) is 5.73 Å². The summed E-state index contributed by atoms with van der Waals surface area (Å²) in [5, 5.41) is 10.7. The molecule has 2 N–H and O–H groups in total. The Balaban J connectivity index is 2.55. The minimum atomic E-state index is -0.401. The predicted octanol–water partition coefficient (Wildman–Crippen LogP) is 3.97. The molecule has 2 rings (SSSR count). The molecule has 0 amide bonds. The van der Waals surface area contributed by atoms with Crippen molar-refractivity contribution in [3.8, 4) is 11.1 Å². The van der Waals surface area contributed by atoms with Gasteiger partial charge in [0.2, 0.25) is 0 Å². The molecule has 0 heterocycles. The molecule has 0 saturated heterocycles. The van der Waals surface area contributed by atoms with Gasteiger partial charge in [-0.05, 0) is 35.2 Å². The van der Waals surface area contributed by atoms with Crippen LogP contribution in [0.2, 0.25) is 0 Å². The number of hydrogen-bond donors (Lipinski definition) is 1. The van der Waals surface area contributed by atoms with Gasteiger partial charge in [-0.3, -0.25) is 10.1 Å². The zero-order valence-corrected chi connectivity index (χ0v) is 11.0. The summed E-state index contributed by atoms with van der Waals surface area (Å²) in [4.78, 5) is 10.3. The second-order valence-corrected chi connectivity index (χ2v) is 4.77. The molecule has 4 nitrogen and oxygen atoms in total. The fourth-order valence-electron chi connectivity index (χ4n) is 2.15. The first-order valence-corrected chi connectivity index (χ1v) is 6.14. The van der Waals surface area contributed by atoms with Gasteiger partial charge in [0.05, 0.1) is 4.92 Å². The highest BCUT2D eigenvalue weighted by atomic mass is 16.6. The highest BCUT2D eigenvalue weighted by molar-refractivity contribution is 5.80. The Hall–Kier alpha value is -2.36. The van der Waals surface area contributed by atoms with Crippen LogP contribution in [-0.4, -0.2) is 4.92 Å². The molecule has 0 spiro atoms. The molecule has 0 saturated carbocycles. The number of nitrogen functional groups attached to an aromatic ring is 1. The Labute approximate surface area is 112 Å². The molecule has 0 unspecified atom stereocenters. The van der Waals surface area contributed by atoms with Crippen molar-refractivity contribution in [1.29, 1.82) is 0 Å². The molecular formula is C15H16N2O2. The van der Waals surface area contributed by atoms with Gasteiger partial charge in [0.1, 0.15) is 0 Å². The van der Waals surface area contributed by atoms with Gasteiger partial charge in [0, 0.05) is 23.4 Å². The summed E-state index contributed by atoms with van der Waals surface area (Å²) >= 11 is 0.